The number of halogens is 1. The Labute approximate surface area is 198 Å². The fourth-order valence-corrected chi connectivity index (χ4v) is 4.82. The summed E-state index contributed by atoms with van der Waals surface area (Å²) in [5, 5.41) is 3.48. The van der Waals surface area contributed by atoms with Gasteiger partial charge in [-0.05, 0) is 42.0 Å². The standard InChI is InChI=1S/C25H19BrN2O3S/c26-17-10-12-18(13-11-17)32-23(16-6-2-1-3-7-16)24(29)28-21-19-8-4-5-9-20(19)31-22(21)25-27-14-15-30-25/h1-13,23H,14-15H2,(H,28,29). The molecule has 3 aromatic carbocycles. The van der Waals surface area contributed by atoms with E-state index in [0.717, 1.165) is 20.3 Å². The van der Waals surface area contributed by atoms with Gasteiger partial charge < -0.3 is 14.5 Å². The number of para-hydroxylation sites is 1. The van der Waals surface area contributed by atoms with Crippen molar-refractivity contribution in [3.8, 4) is 0 Å². The van der Waals surface area contributed by atoms with Crippen molar-refractivity contribution < 1.29 is 13.9 Å². The Balaban J connectivity index is 1.51. The predicted octanol–water partition coefficient (Wildman–Crippen LogP) is 6.44. The fraction of sp³-hybridized carbons (Fsp3) is 0.120. The number of carbonyl (C=O) groups is 1. The minimum absolute atomic E-state index is 0.143. The van der Waals surface area contributed by atoms with Crippen molar-refractivity contribution in [3.05, 3.63) is 94.7 Å². The number of nitrogens with one attached hydrogen (secondary N) is 1. The molecule has 0 bridgehead atoms. The zero-order valence-corrected chi connectivity index (χ0v) is 19.4. The number of nitrogens with zero attached hydrogens (tertiary/aromatic N) is 1. The summed E-state index contributed by atoms with van der Waals surface area (Å²) >= 11 is 4.97. The number of thioether (sulfide) groups is 1. The number of anilines is 1. The number of hydrogen-bond acceptors (Lipinski definition) is 5. The summed E-state index contributed by atoms with van der Waals surface area (Å²) in [6.45, 7) is 1.08. The van der Waals surface area contributed by atoms with E-state index in [1.807, 2.05) is 78.9 Å². The molecule has 1 aliphatic heterocycles. The largest absolute Gasteiger partial charge is 0.473 e. The number of carbonyl (C=O) groups excluding carboxylic acids is 1. The van der Waals surface area contributed by atoms with Crippen molar-refractivity contribution in [2.75, 3.05) is 18.5 Å². The van der Waals surface area contributed by atoms with Crippen molar-refractivity contribution in [2.24, 2.45) is 4.99 Å². The third kappa shape index (κ3) is 4.31. The Morgan fingerprint density at radius 1 is 1.00 bits per heavy atom. The van der Waals surface area contributed by atoms with Crippen LogP contribution in [0.5, 0.6) is 0 Å². The van der Waals surface area contributed by atoms with Gasteiger partial charge in [-0.1, -0.05) is 58.4 Å². The summed E-state index contributed by atoms with van der Waals surface area (Å²) < 4.78 is 12.7. The number of amides is 1. The number of hydrogen-bond donors (Lipinski definition) is 1. The lowest BCUT2D eigenvalue weighted by Crippen LogP contribution is -2.20. The number of benzene rings is 3. The average molecular weight is 507 g/mol. The van der Waals surface area contributed by atoms with E-state index >= 15 is 0 Å². The van der Waals surface area contributed by atoms with Crippen LogP contribution in [0.3, 0.4) is 0 Å². The molecule has 0 saturated heterocycles. The number of aliphatic imine (C=N–C) groups is 1. The lowest BCUT2D eigenvalue weighted by Gasteiger charge is -2.17. The molecule has 5 nitrogen and oxygen atoms in total. The van der Waals surface area contributed by atoms with Crippen molar-refractivity contribution in [1.82, 2.24) is 0 Å². The lowest BCUT2D eigenvalue weighted by molar-refractivity contribution is -0.115. The van der Waals surface area contributed by atoms with Crippen molar-refractivity contribution in [1.29, 1.82) is 0 Å². The topological polar surface area (TPSA) is 63.8 Å². The number of furan rings is 1. The molecule has 1 amide bonds. The second-order valence-corrected chi connectivity index (χ2v) is 9.28. The molecule has 7 heteroatoms. The molecule has 0 fully saturated rings. The summed E-state index contributed by atoms with van der Waals surface area (Å²) in [6.07, 6.45) is 0. The van der Waals surface area contributed by atoms with Gasteiger partial charge in [-0.3, -0.25) is 4.79 Å². The Hall–Kier alpha value is -3.03. The zero-order valence-electron chi connectivity index (χ0n) is 17.0. The van der Waals surface area contributed by atoms with Crippen LogP contribution in [0.15, 0.2) is 97.6 Å². The molecule has 1 N–H and O–H groups in total. The van der Waals surface area contributed by atoms with Gasteiger partial charge >= 0.3 is 0 Å². The smallest absolute Gasteiger partial charge is 0.255 e. The van der Waals surface area contributed by atoms with Gasteiger partial charge in [0.2, 0.25) is 11.7 Å². The minimum atomic E-state index is -0.453. The van der Waals surface area contributed by atoms with Crippen LogP contribution >= 0.6 is 27.7 Å². The molecule has 0 radical (unpaired) electrons. The highest BCUT2D eigenvalue weighted by Gasteiger charge is 2.28. The average Bonchev–Trinajstić information content (AvgIpc) is 3.48. The van der Waals surface area contributed by atoms with Crippen LogP contribution < -0.4 is 5.32 Å². The SMILES string of the molecule is O=C(Nc1c(C2=NCCO2)oc2ccccc12)C(Sc1ccc(Br)cc1)c1ccccc1. The molecule has 1 atom stereocenters. The highest BCUT2D eigenvalue weighted by atomic mass is 79.9. The fourth-order valence-electron chi connectivity index (χ4n) is 3.53. The maximum absolute atomic E-state index is 13.6. The maximum Gasteiger partial charge on any atom is 0.255 e. The van der Waals surface area contributed by atoms with Gasteiger partial charge in [-0.2, -0.15) is 0 Å². The van der Waals surface area contributed by atoms with Crippen LogP contribution in [0.25, 0.3) is 11.0 Å². The second kappa shape index (κ2) is 9.22. The molecule has 4 aromatic rings. The number of ether oxygens (including phenoxy) is 1. The molecule has 1 aromatic heterocycles. The highest BCUT2D eigenvalue weighted by Crippen LogP contribution is 2.39. The van der Waals surface area contributed by atoms with Crippen LogP contribution in [-0.4, -0.2) is 25.0 Å². The predicted molar refractivity (Wildman–Crippen MR) is 131 cm³/mol. The van der Waals surface area contributed by atoms with Gasteiger partial charge in [0.15, 0.2) is 0 Å². The number of fused-ring (bicyclic) bond motifs is 1. The van der Waals surface area contributed by atoms with Gasteiger partial charge in [-0.25, -0.2) is 4.99 Å². The van der Waals surface area contributed by atoms with Crippen molar-refractivity contribution >= 4 is 56.2 Å². The van der Waals surface area contributed by atoms with Crippen molar-refractivity contribution in [3.63, 3.8) is 0 Å². The van der Waals surface area contributed by atoms with Crippen molar-refractivity contribution in [2.45, 2.75) is 10.1 Å². The van der Waals surface area contributed by atoms with Gasteiger partial charge in [0.25, 0.3) is 5.90 Å². The molecule has 2 heterocycles. The van der Waals surface area contributed by atoms with E-state index in [1.54, 1.807) is 0 Å². The quantitative estimate of drug-likeness (QED) is 0.305. The van der Waals surface area contributed by atoms with E-state index in [0.29, 0.717) is 36.1 Å². The molecule has 160 valence electrons. The van der Waals surface area contributed by atoms with Crippen LogP contribution in [0.1, 0.15) is 16.6 Å². The first kappa shape index (κ1) is 20.8. The Kier molecular flexibility index (Phi) is 6.01. The molecule has 5 rings (SSSR count). The summed E-state index contributed by atoms with van der Waals surface area (Å²) in [5.74, 6) is 0.737. The lowest BCUT2D eigenvalue weighted by atomic mass is 10.1. The number of rotatable bonds is 6. The molecule has 0 saturated carbocycles. The van der Waals surface area contributed by atoms with Gasteiger partial charge in [0.1, 0.15) is 23.1 Å². The van der Waals surface area contributed by atoms with E-state index in [1.165, 1.54) is 11.8 Å². The molecular weight excluding hydrogens is 488 g/mol. The molecular formula is C25H19BrN2O3S. The van der Waals surface area contributed by atoms with Gasteiger partial charge in [-0.15, -0.1) is 11.8 Å². The minimum Gasteiger partial charge on any atom is -0.473 e. The van der Waals surface area contributed by atoms with Crippen LogP contribution in [-0.2, 0) is 9.53 Å². The summed E-state index contributed by atoms with van der Waals surface area (Å²) in [7, 11) is 0. The first-order valence-corrected chi connectivity index (χ1v) is 11.8. The van der Waals surface area contributed by atoms with E-state index in [-0.39, 0.29) is 5.91 Å². The molecule has 0 spiro atoms. The first-order valence-electron chi connectivity index (χ1n) is 10.2. The summed E-state index contributed by atoms with van der Waals surface area (Å²) in [6, 6.07) is 25.3. The summed E-state index contributed by atoms with van der Waals surface area (Å²) in [4.78, 5) is 19.0. The van der Waals surface area contributed by atoms with Crippen LogP contribution in [0, 0.1) is 0 Å². The van der Waals surface area contributed by atoms with E-state index < -0.39 is 5.25 Å². The van der Waals surface area contributed by atoms with Gasteiger partial charge in [0, 0.05) is 14.8 Å². The first-order chi connectivity index (χ1) is 15.7. The Bertz CT molecular complexity index is 1290. The summed E-state index contributed by atoms with van der Waals surface area (Å²) in [5.41, 5.74) is 2.18. The Morgan fingerprint density at radius 3 is 2.50 bits per heavy atom. The molecule has 1 aliphatic rings. The maximum atomic E-state index is 13.6. The van der Waals surface area contributed by atoms with E-state index in [9.17, 15) is 4.79 Å². The third-order valence-electron chi connectivity index (χ3n) is 5.03. The van der Waals surface area contributed by atoms with E-state index in [2.05, 4.69) is 26.2 Å². The normalized spacial score (nSPS) is 14.1. The van der Waals surface area contributed by atoms with Crippen LogP contribution in [0.4, 0.5) is 5.69 Å². The molecule has 1 unspecified atom stereocenters. The Morgan fingerprint density at radius 2 is 1.75 bits per heavy atom. The second-order valence-electron chi connectivity index (χ2n) is 7.19. The molecule has 0 aliphatic carbocycles. The van der Waals surface area contributed by atoms with E-state index in [4.69, 9.17) is 9.15 Å². The monoisotopic (exact) mass is 506 g/mol. The molecule has 32 heavy (non-hydrogen) atoms. The zero-order chi connectivity index (χ0) is 21.9. The third-order valence-corrected chi connectivity index (χ3v) is 6.83. The highest BCUT2D eigenvalue weighted by molar-refractivity contribution is 9.10. The van der Waals surface area contributed by atoms with Gasteiger partial charge in [0.05, 0.1) is 6.54 Å². The van der Waals surface area contributed by atoms with Crippen LogP contribution in [0.2, 0.25) is 0 Å².